The Morgan fingerprint density at radius 3 is 2.93 bits per heavy atom. The van der Waals surface area contributed by atoms with E-state index in [1.54, 1.807) is 11.3 Å². The van der Waals surface area contributed by atoms with Gasteiger partial charge in [-0.3, -0.25) is 9.69 Å². The van der Waals surface area contributed by atoms with Gasteiger partial charge < -0.3 is 14.6 Å². The van der Waals surface area contributed by atoms with Gasteiger partial charge in [-0.15, -0.1) is 11.3 Å². The Kier molecular flexibility index (Phi) is 6.21. The molecule has 29 heavy (non-hydrogen) atoms. The first-order valence-electron chi connectivity index (χ1n) is 9.84. The number of piperidine rings is 1. The second-order valence-electron chi connectivity index (χ2n) is 6.99. The topological polar surface area (TPSA) is 80.5 Å². The fourth-order valence-electron chi connectivity index (χ4n) is 3.44. The van der Waals surface area contributed by atoms with E-state index in [0.717, 1.165) is 42.2 Å². The number of benzene rings is 1. The third kappa shape index (κ3) is 5.02. The Labute approximate surface area is 173 Å². The zero-order valence-corrected chi connectivity index (χ0v) is 17.2. The molecule has 0 unspecified atom stereocenters. The van der Waals surface area contributed by atoms with Gasteiger partial charge in [0.15, 0.2) is 0 Å². The van der Waals surface area contributed by atoms with E-state index in [1.165, 1.54) is 0 Å². The average molecular weight is 413 g/mol. The lowest BCUT2D eigenvalue weighted by molar-refractivity contribution is -0.121. The maximum atomic E-state index is 12.6. The van der Waals surface area contributed by atoms with E-state index in [9.17, 15) is 4.79 Å². The van der Waals surface area contributed by atoms with Crippen molar-refractivity contribution in [3.8, 4) is 16.5 Å². The minimum atomic E-state index is 0.00589. The zero-order valence-electron chi connectivity index (χ0n) is 16.3. The first kappa shape index (κ1) is 19.6. The van der Waals surface area contributed by atoms with Crippen LogP contribution in [0.15, 0.2) is 46.3 Å². The van der Waals surface area contributed by atoms with Crippen molar-refractivity contribution in [2.24, 2.45) is 5.92 Å². The van der Waals surface area contributed by atoms with Gasteiger partial charge in [0.1, 0.15) is 5.75 Å². The molecule has 1 aromatic carbocycles. The predicted octanol–water partition coefficient (Wildman–Crippen LogP) is 4.05. The highest BCUT2D eigenvalue weighted by atomic mass is 32.1. The standard InChI is InChI=1S/C21H24N4O3S/c1-2-27-17-6-3-5-16(13-17)22-21(26)15-8-10-25(11-9-15)14-19-23-20(24-28-19)18-7-4-12-29-18/h3-7,12-13,15H,2,8-11,14H2,1H3,(H,22,26). The fourth-order valence-corrected chi connectivity index (χ4v) is 4.09. The Morgan fingerprint density at radius 1 is 1.31 bits per heavy atom. The molecule has 0 bridgehead atoms. The molecule has 3 heterocycles. The smallest absolute Gasteiger partial charge is 0.241 e. The second kappa shape index (κ2) is 9.19. The largest absolute Gasteiger partial charge is 0.494 e. The van der Waals surface area contributed by atoms with E-state index < -0.39 is 0 Å². The van der Waals surface area contributed by atoms with Gasteiger partial charge >= 0.3 is 0 Å². The molecule has 4 rings (SSSR count). The van der Waals surface area contributed by atoms with Crippen LogP contribution in [0, 0.1) is 5.92 Å². The molecule has 0 aliphatic carbocycles. The lowest BCUT2D eigenvalue weighted by Crippen LogP contribution is -2.37. The second-order valence-corrected chi connectivity index (χ2v) is 7.94. The number of nitrogens with zero attached hydrogens (tertiary/aromatic N) is 3. The lowest BCUT2D eigenvalue weighted by atomic mass is 9.96. The van der Waals surface area contributed by atoms with Gasteiger partial charge in [0.2, 0.25) is 17.6 Å². The van der Waals surface area contributed by atoms with Gasteiger partial charge in [0.05, 0.1) is 18.0 Å². The molecule has 0 atom stereocenters. The van der Waals surface area contributed by atoms with Crippen LogP contribution in [0.25, 0.3) is 10.7 Å². The third-order valence-electron chi connectivity index (χ3n) is 4.94. The highest BCUT2D eigenvalue weighted by Gasteiger charge is 2.26. The molecule has 0 spiro atoms. The van der Waals surface area contributed by atoms with Crippen LogP contribution in [-0.4, -0.2) is 40.6 Å². The maximum absolute atomic E-state index is 12.6. The van der Waals surface area contributed by atoms with Crippen molar-refractivity contribution < 1.29 is 14.1 Å². The van der Waals surface area contributed by atoms with Gasteiger partial charge in [0.25, 0.3) is 0 Å². The number of thiophene rings is 1. The zero-order chi connectivity index (χ0) is 20.1. The van der Waals surface area contributed by atoms with Gasteiger partial charge in [-0.25, -0.2) is 0 Å². The van der Waals surface area contributed by atoms with Crippen molar-refractivity contribution in [2.45, 2.75) is 26.3 Å². The maximum Gasteiger partial charge on any atom is 0.241 e. The molecule has 1 amide bonds. The summed E-state index contributed by atoms with van der Waals surface area (Å²) in [7, 11) is 0. The summed E-state index contributed by atoms with van der Waals surface area (Å²) in [5, 5.41) is 9.07. The number of carbonyl (C=O) groups is 1. The Bertz CT molecular complexity index is 933. The third-order valence-corrected chi connectivity index (χ3v) is 5.81. The van der Waals surface area contributed by atoms with Crippen LogP contribution in [0.4, 0.5) is 5.69 Å². The lowest BCUT2D eigenvalue weighted by Gasteiger charge is -2.30. The summed E-state index contributed by atoms with van der Waals surface area (Å²) in [5.41, 5.74) is 0.773. The molecule has 1 aliphatic heterocycles. The summed E-state index contributed by atoms with van der Waals surface area (Å²) in [5.74, 6) is 2.09. The van der Waals surface area contributed by atoms with Crippen LogP contribution >= 0.6 is 11.3 Å². The fraction of sp³-hybridized carbons (Fsp3) is 0.381. The summed E-state index contributed by atoms with van der Waals surface area (Å²) in [6.07, 6.45) is 1.62. The van der Waals surface area contributed by atoms with Gasteiger partial charge in [-0.2, -0.15) is 4.98 Å². The number of ether oxygens (including phenoxy) is 1. The van der Waals surface area contributed by atoms with Crippen molar-refractivity contribution in [2.75, 3.05) is 25.0 Å². The first-order valence-corrected chi connectivity index (χ1v) is 10.7. The number of hydrogen-bond acceptors (Lipinski definition) is 7. The van der Waals surface area contributed by atoms with Crippen molar-refractivity contribution >= 4 is 22.9 Å². The average Bonchev–Trinajstić information content (AvgIpc) is 3.41. The summed E-state index contributed by atoms with van der Waals surface area (Å²) in [6, 6.07) is 11.5. The summed E-state index contributed by atoms with van der Waals surface area (Å²) in [6.45, 7) is 4.81. The Morgan fingerprint density at radius 2 is 2.17 bits per heavy atom. The Balaban J connectivity index is 1.27. The molecule has 1 aliphatic rings. The van der Waals surface area contributed by atoms with Crippen molar-refractivity contribution in [1.29, 1.82) is 0 Å². The first-order chi connectivity index (χ1) is 14.2. The number of amides is 1. The molecule has 3 aromatic rings. The van der Waals surface area contributed by atoms with Gasteiger partial charge in [0, 0.05) is 17.7 Å². The highest BCUT2D eigenvalue weighted by molar-refractivity contribution is 7.13. The van der Waals surface area contributed by atoms with E-state index >= 15 is 0 Å². The molecular formula is C21H24N4O3S. The van der Waals surface area contributed by atoms with Crippen LogP contribution in [0.1, 0.15) is 25.7 Å². The molecule has 1 fully saturated rings. The molecule has 0 radical (unpaired) electrons. The van der Waals surface area contributed by atoms with Crippen LogP contribution in [0.5, 0.6) is 5.75 Å². The quantitative estimate of drug-likeness (QED) is 0.631. The highest BCUT2D eigenvalue weighted by Crippen LogP contribution is 2.24. The van der Waals surface area contributed by atoms with E-state index in [0.29, 0.717) is 24.9 Å². The monoisotopic (exact) mass is 412 g/mol. The number of anilines is 1. The predicted molar refractivity (Wildman–Crippen MR) is 112 cm³/mol. The minimum absolute atomic E-state index is 0.00589. The number of hydrogen-bond donors (Lipinski definition) is 1. The van der Waals surface area contributed by atoms with Crippen molar-refractivity contribution in [1.82, 2.24) is 15.0 Å². The van der Waals surface area contributed by atoms with Crippen molar-refractivity contribution in [3.63, 3.8) is 0 Å². The van der Waals surface area contributed by atoms with Crippen LogP contribution < -0.4 is 10.1 Å². The normalized spacial score (nSPS) is 15.3. The summed E-state index contributed by atoms with van der Waals surface area (Å²) in [4.78, 5) is 20.4. The van der Waals surface area contributed by atoms with Crippen molar-refractivity contribution in [3.05, 3.63) is 47.7 Å². The van der Waals surface area contributed by atoms with E-state index in [4.69, 9.17) is 9.26 Å². The number of aromatic nitrogens is 2. The summed E-state index contributed by atoms with van der Waals surface area (Å²) >= 11 is 1.59. The van der Waals surface area contributed by atoms with E-state index in [2.05, 4.69) is 20.4 Å². The van der Waals surface area contributed by atoms with Crippen LogP contribution in [-0.2, 0) is 11.3 Å². The van der Waals surface area contributed by atoms with E-state index in [-0.39, 0.29) is 11.8 Å². The SMILES string of the molecule is CCOc1cccc(NC(=O)C2CCN(Cc3nc(-c4cccs4)no3)CC2)c1. The Hall–Kier alpha value is -2.71. The molecule has 8 heteroatoms. The van der Waals surface area contributed by atoms with Gasteiger partial charge in [-0.05, 0) is 56.4 Å². The van der Waals surface area contributed by atoms with Crippen LogP contribution in [0.3, 0.4) is 0 Å². The molecule has 1 saturated heterocycles. The molecule has 1 N–H and O–H groups in total. The molecular weight excluding hydrogens is 388 g/mol. The number of nitrogens with one attached hydrogen (secondary N) is 1. The summed E-state index contributed by atoms with van der Waals surface area (Å²) < 4.78 is 10.9. The minimum Gasteiger partial charge on any atom is -0.494 e. The van der Waals surface area contributed by atoms with E-state index in [1.807, 2.05) is 48.7 Å². The molecule has 152 valence electrons. The van der Waals surface area contributed by atoms with Crippen LogP contribution in [0.2, 0.25) is 0 Å². The number of rotatable bonds is 7. The van der Waals surface area contributed by atoms with Gasteiger partial charge in [-0.1, -0.05) is 17.3 Å². The molecule has 2 aromatic heterocycles. The number of likely N-dealkylation sites (tertiary alicyclic amines) is 1. The molecule has 7 nitrogen and oxygen atoms in total. The number of carbonyl (C=O) groups excluding carboxylic acids is 1. The molecule has 0 saturated carbocycles.